The van der Waals surface area contributed by atoms with Crippen LogP contribution in [0.4, 0.5) is 15.8 Å². The fraction of sp³-hybridized carbons (Fsp3) is 0.143. The van der Waals surface area contributed by atoms with Gasteiger partial charge in [-0.25, -0.2) is 4.39 Å². The highest BCUT2D eigenvalue weighted by Crippen LogP contribution is 2.26. The van der Waals surface area contributed by atoms with Crippen molar-refractivity contribution in [3.63, 3.8) is 0 Å². The van der Waals surface area contributed by atoms with Crippen LogP contribution in [-0.4, -0.2) is 12.0 Å². The third-order valence-electron chi connectivity index (χ3n) is 2.85. The lowest BCUT2D eigenvalue weighted by atomic mass is 10.1. The van der Waals surface area contributed by atoms with E-state index in [2.05, 4.69) is 21.2 Å². The number of nitro benzene ring substituents is 1. The van der Waals surface area contributed by atoms with E-state index in [9.17, 15) is 14.5 Å². The summed E-state index contributed by atoms with van der Waals surface area (Å²) >= 11 is 3.16. The number of halogens is 2. The van der Waals surface area contributed by atoms with E-state index in [0.717, 1.165) is 0 Å². The molecule has 0 spiro atoms. The predicted molar refractivity (Wildman–Crippen MR) is 81.1 cm³/mol. The second-order valence-electron chi connectivity index (χ2n) is 4.21. The van der Waals surface area contributed by atoms with Gasteiger partial charge >= 0.3 is 0 Å². The molecule has 0 saturated carbocycles. The standard InChI is InChI=1S/C14H12BrFN2O3/c1-17-13-4-3-11(18(19)20)6-9(13)8-21-14-5-2-10(15)7-12(14)16/h2-7,17H,8H2,1H3. The van der Waals surface area contributed by atoms with Gasteiger partial charge in [0.2, 0.25) is 0 Å². The van der Waals surface area contributed by atoms with Gasteiger partial charge in [-0.1, -0.05) is 15.9 Å². The summed E-state index contributed by atoms with van der Waals surface area (Å²) in [6, 6.07) is 8.84. The Bertz CT molecular complexity index is 679. The van der Waals surface area contributed by atoms with E-state index in [1.54, 1.807) is 19.2 Å². The Morgan fingerprint density at radius 3 is 2.71 bits per heavy atom. The van der Waals surface area contributed by atoms with Gasteiger partial charge < -0.3 is 10.1 Å². The lowest BCUT2D eigenvalue weighted by Gasteiger charge is -2.11. The van der Waals surface area contributed by atoms with Crippen molar-refractivity contribution in [2.24, 2.45) is 0 Å². The Morgan fingerprint density at radius 2 is 2.10 bits per heavy atom. The first-order chi connectivity index (χ1) is 10.0. The van der Waals surface area contributed by atoms with Gasteiger partial charge in [0, 0.05) is 34.9 Å². The summed E-state index contributed by atoms with van der Waals surface area (Å²) in [6.45, 7) is 0.0242. The van der Waals surface area contributed by atoms with Gasteiger partial charge in [0.05, 0.1) is 4.92 Å². The summed E-state index contributed by atoms with van der Waals surface area (Å²) in [5.41, 5.74) is 1.23. The Labute approximate surface area is 129 Å². The van der Waals surface area contributed by atoms with Crippen LogP contribution in [0.15, 0.2) is 40.9 Å². The van der Waals surface area contributed by atoms with Gasteiger partial charge in [-0.05, 0) is 24.3 Å². The van der Waals surface area contributed by atoms with Crippen LogP contribution in [0.1, 0.15) is 5.56 Å². The van der Waals surface area contributed by atoms with E-state index in [4.69, 9.17) is 4.74 Å². The van der Waals surface area contributed by atoms with Crippen LogP contribution in [0.3, 0.4) is 0 Å². The normalized spacial score (nSPS) is 10.2. The molecule has 2 aromatic rings. The maximum absolute atomic E-state index is 13.7. The van der Waals surface area contributed by atoms with E-state index in [0.29, 0.717) is 15.7 Å². The number of hydrogen-bond donors (Lipinski definition) is 1. The fourth-order valence-corrected chi connectivity index (χ4v) is 2.14. The molecule has 2 rings (SSSR count). The summed E-state index contributed by atoms with van der Waals surface area (Å²) in [7, 11) is 1.70. The third kappa shape index (κ3) is 3.69. The topological polar surface area (TPSA) is 64.4 Å². The van der Waals surface area contributed by atoms with Crippen LogP contribution >= 0.6 is 15.9 Å². The van der Waals surface area contributed by atoms with E-state index in [1.165, 1.54) is 24.3 Å². The van der Waals surface area contributed by atoms with E-state index in [1.807, 2.05) is 0 Å². The van der Waals surface area contributed by atoms with Gasteiger partial charge in [-0.3, -0.25) is 10.1 Å². The SMILES string of the molecule is CNc1ccc([N+](=O)[O-])cc1COc1ccc(Br)cc1F. The van der Waals surface area contributed by atoms with Crippen molar-refractivity contribution < 1.29 is 14.1 Å². The van der Waals surface area contributed by atoms with E-state index < -0.39 is 10.7 Å². The van der Waals surface area contributed by atoms with Crippen LogP contribution in [0.25, 0.3) is 0 Å². The molecule has 5 nitrogen and oxygen atoms in total. The Kier molecular flexibility index (Phi) is 4.74. The molecule has 0 amide bonds. The number of nitrogens with zero attached hydrogens (tertiary/aromatic N) is 1. The van der Waals surface area contributed by atoms with Crippen LogP contribution in [-0.2, 0) is 6.61 Å². The van der Waals surface area contributed by atoms with Crippen LogP contribution in [0.2, 0.25) is 0 Å². The zero-order valence-corrected chi connectivity index (χ0v) is 12.7. The minimum Gasteiger partial charge on any atom is -0.486 e. The van der Waals surface area contributed by atoms with Gasteiger partial charge in [-0.2, -0.15) is 0 Å². The minimum absolute atomic E-state index is 0.0242. The van der Waals surface area contributed by atoms with Gasteiger partial charge in [0.25, 0.3) is 5.69 Å². The maximum Gasteiger partial charge on any atom is 0.269 e. The molecule has 110 valence electrons. The summed E-state index contributed by atoms with van der Waals surface area (Å²) in [5, 5.41) is 13.7. The largest absolute Gasteiger partial charge is 0.486 e. The third-order valence-corrected chi connectivity index (χ3v) is 3.34. The van der Waals surface area contributed by atoms with Crippen molar-refractivity contribution in [2.45, 2.75) is 6.61 Å². The smallest absolute Gasteiger partial charge is 0.269 e. The second kappa shape index (κ2) is 6.53. The zero-order chi connectivity index (χ0) is 15.4. The van der Waals surface area contributed by atoms with Gasteiger partial charge in [0.15, 0.2) is 11.6 Å². The number of anilines is 1. The molecule has 0 atom stereocenters. The first-order valence-electron chi connectivity index (χ1n) is 6.04. The zero-order valence-electron chi connectivity index (χ0n) is 11.1. The van der Waals surface area contributed by atoms with Crippen molar-refractivity contribution in [1.29, 1.82) is 0 Å². The molecule has 0 heterocycles. The number of rotatable bonds is 5. The monoisotopic (exact) mass is 354 g/mol. The molecular weight excluding hydrogens is 343 g/mol. The number of nitrogens with one attached hydrogen (secondary N) is 1. The predicted octanol–water partition coefficient (Wildman–Crippen LogP) is 4.12. The lowest BCUT2D eigenvalue weighted by molar-refractivity contribution is -0.384. The molecular formula is C14H12BrFN2O3. The Balaban J connectivity index is 2.22. The maximum atomic E-state index is 13.7. The highest BCUT2D eigenvalue weighted by atomic mass is 79.9. The molecule has 0 saturated heterocycles. The van der Waals surface area contributed by atoms with Crippen molar-refractivity contribution in [3.8, 4) is 5.75 Å². The summed E-state index contributed by atoms with van der Waals surface area (Å²) in [5.74, 6) is -0.410. The molecule has 0 aliphatic rings. The first kappa shape index (κ1) is 15.2. The molecule has 7 heteroatoms. The molecule has 0 radical (unpaired) electrons. The van der Waals surface area contributed by atoms with E-state index in [-0.39, 0.29) is 18.0 Å². The molecule has 0 bridgehead atoms. The molecule has 1 N–H and O–H groups in total. The highest BCUT2D eigenvalue weighted by molar-refractivity contribution is 9.10. The first-order valence-corrected chi connectivity index (χ1v) is 6.83. The van der Waals surface area contributed by atoms with E-state index >= 15 is 0 Å². The fourth-order valence-electron chi connectivity index (χ4n) is 1.80. The second-order valence-corrected chi connectivity index (χ2v) is 5.13. The lowest BCUT2D eigenvalue weighted by Crippen LogP contribution is -2.03. The summed E-state index contributed by atoms with van der Waals surface area (Å²) in [6.07, 6.45) is 0. The highest BCUT2D eigenvalue weighted by Gasteiger charge is 2.12. The number of hydrogen-bond acceptors (Lipinski definition) is 4. The number of non-ortho nitro benzene ring substituents is 1. The average molecular weight is 355 g/mol. The van der Waals surface area contributed by atoms with Crippen molar-refractivity contribution in [3.05, 3.63) is 62.4 Å². The van der Waals surface area contributed by atoms with Crippen LogP contribution in [0, 0.1) is 15.9 Å². The van der Waals surface area contributed by atoms with Crippen LogP contribution in [0.5, 0.6) is 5.75 Å². The molecule has 0 aliphatic carbocycles. The number of nitro groups is 1. The van der Waals surface area contributed by atoms with Gasteiger partial charge in [-0.15, -0.1) is 0 Å². The number of benzene rings is 2. The number of ether oxygens (including phenoxy) is 1. The van der Waals surface area contributed by atoms with Crippen molar-refractivity contribution in [2.75, 3.05) is 12.4 Å². The van der Waals surface area contributed by atoms with Gasteiger partial charge in [0.1, 0.15) is 6.61 Å². The minimum atomic E-state index is -0.499. The molecule has 0 fully saturated rings. The molecule has 21 heavy (non-hydrogen) atoms. The molecule has 0 unspecified atom stereocenters. The Morgan fingerprint density at radius 1 is 1.33 bits per heavy atom. The molecule has 2 aromatic carbocycles. The summed E-state index contributed by atoms with van der Waals surface area (Å²) in [4.78, 5) is 10.3. The van der Waals surface area contributed by atoms with Crippen LogP contribution < -0.4 is 10.1 Å². The van der Waals surface area contributed by atoms with Crippen molar-refractivity contribution in [1.82, 2.24) is 0 Å². The Hall–Kier alpha value is -2.15. The summed E-state index contributed by atoms with van der Waals surface area (Å²) < 4.78 is 19.7. The molecule has 0 aliphatic heterocycles. The molecule has 0 aromatic heterocycles. The quantitative estimate of drug-likeness (QED) is 0.647. The average Bonchev–Trinajstić information content (AvgIpc) is 2.46. The van der Waals surface area contributed by atoms with Crippen molar-refractivity contribution >= 4 is 27.3 Å².